The smallest absolute Gasteiger partial charge is 0.416 e. The molecule has 1 unspecified atom stereocenters. The molecule has 1 rings (SSSR count). The van der Waals surface area contributed by atoms with Crippen LogP contribution in [-0.4, -0.2) is 18.2 Å². The van der Waals surface area contributed by atoms with Crippen LogP contribution in [0.4, 0.5) is 13.2 Å². The summed E-state index contributed by atoms with van der Waals surface area (Å²) in [5, 5.41) is 0. The minimum Gasteiger partial charge on any atom is -0.454 e. The first-order valence-corrected chi connectivity index (χ1v) is 5.44. The van der Waals surface area contributed by atoms with Crippen LogP contribution in [-0.2, 0) is 9.53 Å². The van der Waals surface area contributed by atoms with Crippen LogP contribution < -0.4 is 0 Å². The average Bonchev–Trinajstić information content (AvgIpc) is 2.54. The molecule has 0 aromatic rings. The highest BCUT2D eigenvalue weighted by Crippen LogP contribution is 2.35. The standard InChI is InChI=1S/C11H15F3O2/c1-2-3-4-5-6-9-8(11(12,13)14)7-10(15)16-9/h7,9H,2-6H2,1H3. The predicted octanol–water partition coefficient (Wildman–Crippen LogP) is 3.37. The van der Waals surface area contributed by atoms with E-state index in [2.05, 4.69) is 4.74 Å². The van der Waals surface area contributed by atoms with Crippen LogP contribution in [0.2, 0.25) is 0 Å². The SMILES string of the molecule is CCCCCCC1OC(=O)C=C1C(F)(F)F. The average molecular weight is 236 g/mol. The number of esters is 1. The third-order valence-corrected chi connectivity index (χ3v) is 2.53. The first-order valence-electron chi connectivity index (χ1n) is 5.44. The van der Waals surface area contributed by atoms with E-state index in [1.807, 2.05) is 6.92 Å². The summed E-state index contributed by atoms with van der Waals surface area (Å²) in [6, 6.07) is 0. The number of ether oxygens (including phenoxy) is 1. The van der Waals surface area contributed by atoms with Crippen molar-refractivity contribution >= 4 is 5.97 Å². The fourth-order valence-electron chi connectivity index (χ4n) is 1.69. The highest BCUT2D eigenvalue weighted by Gasteiger charge is 2.44. The molecule has 0 N–H and O–H groups in total. The quantitative estimate of drug-likeness (QED) is 0.540. The molecule has 1 heterocycles. The third kappa shape index (κ3) is 3.54. The minimum atomic E-state index is -4.46. The predicted molar refractivity (Wildman–Crippen MR) is 52.8 cm³/mol. The first kappa shape index (κ1) is 13.1. The lowest BCUT2D eigenvalue weighted by Crippen LogP contribution is -2.22. The third-order valence-electron chi connectivity index (χ3n) is 2.53. The Morgan fingerprint density at radius 2 is 2.00 bits per heavy atom. The zero-order valence-electron chi connectivity index (χ0n) is 9.14. The van der Waals surface area contributed by atoms with Gasteiger partial charge >= 0.3 is 12.1 Å². The molecule has 1 atom stereocenters. The van der Waals surface area contributed by atoms with Gasteiger partial charge in [0.15, 0.2) is 0 Å². The summed E-state index contributed by atoms with van der Waals surface area (Å²) >= 11 is 0. The van der Waals surface area contributed by atoms with E-state index in [9.17, 15) is 18.0 Å². The highest BCUT2D eigenvalue weighted by molar-refractivity contribution is 5.86. The van der Waals surface area contributed by atoms with Crippen molar-refractivity contribution in [2.24, 2.45) is 0 Å². The molecular formula is C11H15F3O2. The fourth-order valence-corrected chi connectivity index (χ4v) is 1.69. The Morgan fingerprint density at radius 1 is 1.31 bits per heavy atom. The molecule has 0 aliphatic carbocycles. The van der Waals surface area contributed by atoms with Gasteiger partial charge in [0.25, 0.3) is 0 Å². The van der Waals surface area contributed by atoms with Crippen LogP contribution in [0.15, 0.2) is 11.6 Å². The lowest BCUT2D eigenvalue weighted by atomic mass is 10.0. The van der Waals surface area contributed by atoms with Crippen molar-refractivity contribution in [2.75, 3.05) is 0 Å². The second-order valence-electron chi connectivity index (χ2n) is 3.87. The van der Waals surface area contributed by atoms with Gasteiger partial charge in [-0.15, -0.1) is 0 Å². The molecule has 2 nitrogen and oxygen atoms in total. The van der Waals surface area contributed by atoms with Crippen LogP contribution in [0.25, 0.3) is 0 Å². The summed E-state index contributed by atoms with van der Waals surface area (Å²) < 4.78 is 42.0. The molecule has 0 radical (unpaired) electrons. The van der Waals surface area contributed by atoms with Crippen LogP contribution in [0.3, 0.4) is 0 Å². The Hall–Kier alpha value is -1.00. The number of alkyl halides is 3. The van der Waals surface area contributed by atoms with E-state index < -0.39 is 23.8 Å². The molecule has 0 amide bonds. The molecule has 0 bridgehead atoms. The van der Waals surface area contributed by atoms with Crippen molar-refractivity contribution in [3.05, 3.63) is 11.6 Å². The maximum atomic E-state index is 12.5. The van der Waals surface area contributed by atoms with E-state index in [0.29, 0.717) is 12.5 Å². The van der Waals surface area contributed by atoms with E-state index in [0.717, 1.165) is 19.3 Å². The number of unbranched alkanes of at least 4 members (excludes halogenated alkanes) is 3. The Bertz CT molecular complexity index is 281. The van der Waals surface area contributed by atoms with Gasteiger partial charge in [-0.3, -0.25) is 0 Å². The van der Waals surface area contributed by atoms with Crippen molar-refractivity contribution in [3.8, 4) is 0 Å². The molecule has 16 heavy (non-hydrogen) atoms. The Morgan fingerprint density at radius 3 is 2.56 bits per heavy atom. The normalized spacial score (nSPS) is 20.9. The zero-order chi connectivity index (χ0) is 12.2. The highest BCUT2D eigenvalue weighted by atomic mass is 19.4. The maximum absolute atomic E-state index is 12.5. The number of cyclic esters (lactones) is 1. The van der Waals surface area contributed by atoms with Gasteiger partial charge in [-0.05, 0) is 12.8 Å². The molecule has 0 saturated heterocycles. The first-order chi connectivity index (χ1) is 7.45. The van der Waals surface area contributed by atoms with Gasteiger partial charge in [-0.1, -0.05) is 26.2 Å². The van der Waals surface area contributed by atoms with Gasteiger partial charge in [-0.25, -0.2) is 4.79 Å². The Kier molecular flexibility index (Phi) is 4.38. The summed E-state index contributed by atoms with van der Waals surface area (Å²) in [5.74, 6) is -0.882. The summed E-state index contributed by atoms with van der Waals surface area (Å²) in [4.78, 5) is 10.8. The lowest BCUT2D eigenvalue weighted by Gasteiger charge is -2.16. The molecule has 92 valence electrons. The molecule has 1 aliphatic rings. The van der Waals surface area contributed by atoms with Crippen molar-refractivity contribution in [1.29, 1.82) is 0 Å². The molecular weight excluding hydrogens is 221 g/mol. The van der Waals surface area contributed by atoms with Crippen LogP contribution >= 0.6 is 0 Å². The number of halogens is 3. The number of carbonyl (C=O) groups is 1. The van der Waals surface area contributed by atoms with Crippen molar-refractivity contribution in [3.63, 3.8) is 0 Å². The second kappa shape index (κ2) is 5.37. The molecule has 0 fully saturated rings. The number of carbonyl (C=O) groups excluding carboxylic acids is 1. The molecule has 1 aliphatic heterocycles. The molecule has 0 saturated carbocycles. The van der Waals surface area contributed by atoms with Crippen LogP contribution in [0.5, 0.6) is 0 Å². The summed E-state index contributed by atoms with van der Waals surface area (Å²) in [5.41, 5.74) is -0.839. The number of rotatable bonds is 5. The Labute approximate surface area is 92.5 Å². The summed E-state index contributed by atoms with van der Waals surface area (Å²) in [7, 11) is 0. The van der Waals surface area contributed by atoms with Crippen LogP contribution in [0.1, 0.15) is 39.0 Å². The summed E-state index contributed by atoms with van der Waals surface area (Å²) in [6.07, 6.45) is -1.19. The van der Waals surface area contributed by atoms with E-state index in [4.69, 9.17) is 0 Å². The zero-order valence-corrected chi connectivity index (χ0v) is 9.14. The van der Waals surface area contributed by atoms with Gasteiger partial charge in [0.05, 0.1) is 5.57 Å². The molecule has 0 aromatic heterocycles. The monoisotopic (exact) mass is 236 g/mol. The molecule has 5 heteroatoms. The lowest BCUT2D eigenvalue weighted by molar-refractivity contribution is -0.141. The van der Waals surface area contributed by atoms with Gasteiger partial charge in [0, 0.05) is 6.08 Å². The van der Waals surface area contributed by atoms with E-state index >= 15 is 0 Å². The molecule has 0 aromatic carbocycles. The molecule has 0 spiro atoms. The second-order valence-corrected chi connectivity index (χ2v) is 3.87. The minimum absolute atomic E-state index is 0.261. The van der Waals surface area contributed by atoms with Gasteiger partial charge in [0.1, 0.15) is 6.10 Å². The topological polar surface area (TPSA) is 26.3 Å². The number of hydrogen-bond donors (Lipinski definition) is 0. The Balaban J connectivity index is 2.48. The number of hydrogen-bond acceptors (Lipinski definition) is 2. The van der Waals surface area contributed by atoms with Gasteiger partial charge in [0.2, 0.25) is 0 Å². The fraction of sp³-hybridized carbons (Fsp3) is 0.727. The van der Waals surface area contributed by atoms with E-state index in [1.54, 1.807) is 0 Å². The largest absolute Gasteiger partial charge is 0.454 e. The van der Waals surface area contributed by atoms with Gasteiger partial charge < -0.3 is 4.74 Å². The van der Waals surface area contributed by atoms with Crippen LogP contribution in [0, 0.1) is 0 Å². The van der Waals surface area contributed by atoms with Crippen molar-refractivity contribution < 1.29 is 22.7 Å². The van der Waals surface area contributed by atoms with E-state index in [1.165, 1.54) is 0 Å². The van der Waals surface area contributed by atoms with Gasteiger partial charge in [-0.2, -0.15) is 13.2 Å². The van der Waals surface area contributed by atoms with Crippen molar-refractivity contribution in [2.45, 2.75) is 51.3 Å². The van der Waals surface area contributed by atoms with Crippen molar-refractivity contribution in [1.82, 2.24) is 0 Å². The summed E-state index contributed by atoms with van der Waals surface area (Å²) in [6.45, 7) is 2.02. The van der Waals surface area contributed by atoms with E-state index in [-0.39, 0.29) is 6.42 Å². The maximum Gasteiger partial charge on any atom is 0.416 e.